The summed E-state index contributed by atoms with van der Waals surface area (Å²) in [7, 11) is 0. The van der Waals surface area contributed by atoms with Crippen LogP contribution in [0.1, 0.15) is 24.2 Å². The minimum Gasteiger partial charge on any atom is -0.494 e. The molecule has 1 unspecified atom stereocenters. The highest BCUT2D eigenvalue weighted by Gasteiger charge is 2.08. The highest BCUT2D eigenvalue weighted by atomic mass is 35.5. The number of aliphatic hydroxyl groups excluding tert-OH is 1. The molecule has 0 aromatic heterocycles. The number of hydrogen-bond donors (Lipinski definition) is 1. The Bertz CT molecular complexity index is 505. The topological polar surface area (TPSA) is 29.5 Å². The van der Waals surface area contributed by atoms with Crippen LogP contribution in [0.15, 0.2) is 48.5 Å². The van der Waals surface area contributed by atoms with Crippen molar-refractivity contribution in [2.24, 2.45) is 0 Å². The first-order chi connectivity index (χ1) is 9.19. The van der Waals surface area contributed by atoms with E-state index in [9.17, 15) is 5.11 Å². The van der Waals surface area contributed by atoms with E-state index in [1.54, 1.807) is 0 Å². The Kier molecular flexibility index (Phi) is 4.83. The Morgan fingerprint density at radius 1 is 1.05 bits per heavy atom. The van der Waals surface area contributed by atoms with Gasteiger partial charge in [-0.15, -0.1) is 0 Å². The van der Waals surface area contributed by atoms with Crippen LogP contribution in [0.4, 0.5) is 0 Å². The Balaban J connectivity index is 2.02. The molecule has 2 aromatic carbocycles. The van der Waals surface area contributed by atoms with Crippen LogP contribution in [0.5, 0.6) is 5.75 Å². The molecule has 0 bridgehead atoms. The smallest absolute Gasteiger partial charge is 0.119 e. The SMILES string of the molecule is CCOc1ccc(C(O)Cc2ccc(Cl)cc2)cc1. The molecule has 1 atom stereocenters. The molecule has 0 aliphatic carbocycles. The van der Waals surface area contributed by atoms with E-state index in [-0.39, 0.29) is 0 Å². The first-order valence-electron chi connectivity index (χ1n) is 6.34. The zero-order valence-electron chi connectivity index (χ0n) is 10.8. The molecule has 0 fully saturated rings. The molecular weight excluding hydrogens is 260 g/mol. The van der Waals surface area contributed by atoms with Crippen molar-refractivity contribution in [2.75, 3.05) is 6.61 Å². The van der Waals surface area contributed by atoms with Crippen LogP contribution >= 0.6 is 11.6 Å². The van der Waals surface area contributed by atoms with Crippen molar-refractivity contribution in [3.63, 3.8) is 0 Å². The largest absolute Gasteiger partial charge is 0.494 e. The molecule has 2 nitrogen and oxygen atoms in total. The molecule has 100 valence electrons. The summed E-state index contributed by atoms with van der Waals surface area (Å²) in [5.41, 5.74) is 1.95. The Labute approximate surface area is 118 Å². The maximum absolute atomic E-state index is 10.2. The number of rotatable bonds is 5. The van der Waals surface area contributed by atoms with E-state index in [2.05, 4.69) is 0 Å². The van der Waals surface area contributed by atoms with Crippen LogP contribution < -0.4 is 4.74 Å². The fourth-order valence-corrected chi connectivity index (χ4v) is 2.04. The second-order valence-corrected chi connectivity index (χ2v) is 4.78. The van der Waals surface area contributed by atoms with E-state index in [4.69, 9.17) is 16.3 Å². The number of hydrogen-bond acceptors (Lipinski definition) is 2. The summed E-state index contributed by atoms with van der Waals surface area (Å²) in [6.07, 6.45) is 0.0578. The fraction of sp³-hybridized carbons (Fsp3) is 0.250. The predicted molar refractivity (Wildman–Crippen MR) is 77.7 cm³/mol. The number of aliphatic hydroxyl groups is 1. The third-order valence-electron chi connectivity index (χ3n) is 2.92. The molecule has 0 aliphatic heterocycles. The number of benzene rings is 2. The van der Waals surface area contributed by atoms with Gasteiger partial charge in [-0.2, -0.15) is 0 Å². The van der Waals surface area contributed by atoms with Gasteiger partial charge in [0.2, 0.25) is 0 Å². The van der Waals surface area contributed by atoms with Crippen molar-refractivity contribution in [2.45, 2.75) is 19.4 Å². The second kappa shape index (κ2) is 6.60. The molecule has 19 heavy (non-hydrogen) atoms. The molecule has 0 heterocycles. The molecule has 0 amide bonds. The average Bonchev–Trinajstić information content (AvgIpc) is 2.42. The van der Waals surface area contributed by atoms with E-state index in [0.29, 0.717) is 18.1 Å². The van der Waals surface area contributed by atoms with Crippen molar-refractivity contribution in [3.8, 4) is 5.75 Å². The van der Waals surface area contributed by atoms with Gasteiger partial charge in [0.1, 0.15) is 5.75 Å². The van der Waals surface area contributed by atoms with Gasteiger partial charge < -0.3 is 9.84 Å². The van der Waals surface area contributed by atoms with Crippen LogP contribution in [-0.2, 0) is 6.42 Å². The van der Waals surface area contributed by atoms with Crippen molar-refractivity contribution in [1.29, 1.82) is 0 Å². The fourth-order valence-electron chi connectivity index (χ4n) is 1.91. The zero-order chi connectivity index (χ0) is 13.7. The van der Waals surface area contributed by atoms with E-state index < -0.39 is 6.10 Å². The lowest BCUT2D eigenvalue weighted by Crippen LogP contribution is -2.02. The van der Waals surface area contributed by atoms with E-state index in [0.717, 1.165) is 16.9 Å². The number of ether oxygens (including phenoxy) is 1. The zero-order valence-corrected chi connectivity index (χ0v) is 11.6. The van der Waals surface area contributed by atoms with Gasteiger partial charge in [0.05, 0.1) is 12.7 Å². The van der Waals surface area contributed by atoms with Crippen LogP contribution in [0.25, 0.3) is 0 Å². The lowest BCUT2D eigenvalue weighted by Gasteiger charge is -2.12. The van der Waals surface area contributed by atoms with Gasteiger partial charge in [0, 0.05) is 11.4 Å². The summed E-state index contributed by atoms with van der Waals surface area (Å²) in [6.45, 7) is 2.59. The van der Waals surface area contributed by atoms with Gasteiger partial charge in [-0.3, -0.25) is 0 Å². The molecule has 0 radical (unpaired) electrons. The van der Waals surface area contributed by atoms with E-state index in [1.165, 1.54) is 0 Å². The van der Waals surface area contributed by atoms with Gasteiger partial charge in [-0.1, -0.05) is 35.9 Å². The summed E-state index contributed by atoms with van der Waals surface area (Å²) in [4.78, 5) is 0. The van der Waals surface area contributed by atoms with Crippen molar-refractivity contribution in [1.82, 2.24) is 0 Å². The maximum Gasteiger partial charge on any atom is 0.119 e. The summed E-state index contributed by atoms with van der Waals surface area (Å²) in [6, 6.07) is 15.1. The summed E-state index contributed by atoms with van der Waals surface area (Å²) in [5.74, 6) is 0.824. The maximum atomic E-state index is 10.2. The minimum atomic E-state index is -0.517. The quantitative estimate of drug-likeness (QED) is 0.894. The Morgan fingerprint density at radius 3 is 2.26 bits per heavy atom. The monoisotopic (exact) mass is 276 g/mol. The molecule has 0 saturated carbocycles. The average molecular weight is 277 g/mol. The summed E-state index contributed by atoms with van der Waals surface area (Å²) >= 11 is 5.84. The molecule has 1 N–H and O–H groups in total. The molecule has 0 aliphatic rings. The first kappa shape index (κ1) is 13.9. The molecule has 3 heteroatoms. The normalized spacial score (nSPS) is 12.2. The van der Waals surface area contributed by atoms with Crippen LogP contribution in [0.3, 0.4) is 0 Å². The van der Waals surface area contributed by atoms with Gasteiger partial charge in [-0.05, 0) is 42.3 Å². The van der Waals surface area contributed by atoms with Gasteiger partial charge in [-0.25, -0.2) is 0 Å². The van der Waals surface area contributed by atoms with Crippen molar-refractivity contribution < 1.29 is 9.84 Å². The molecule has 0 saturated heterocycles. The predicted octanol–water partition coefficient (Wildman–Crippen LogP) is 4.01. The van der Waals surface area contributed by atoms with E-state index >= 15 is 0 Å². The lowest BCUT2D eigenvalue weighted by atomic mass is 10.0. The van der Waals surface area contributed by atoms with Crippen LogP contribution in [0.2, 0.25) is 5.02 Å². The van der Waals surface area contributed by atoms with Gasteiger partial charge in [0.25, 0.3) is 0 Å². The van der Waals surface area contributed by atoms with Gasteiger partial charge in [0.15, 0.2) is 0 Å². The molecule has 0 spiro atoms. The highest BCUT2D eigenvalue weighted by Crippen LogP contribution is 2.22. The van der Waals surface area contributed by atoms with Crippen molar-refractivity contribution >= 4 is 11.6 Å². The van der Waals surface area contributed by atoms with Crippen LogP contribution in [0, 0.1) is 0 Å². The van der Waals surface area contributed by atoms with Crippen LogP contribution in [-0.4, -0.2) is 11.7 Å². The lowest BCUT2D eigenvalue weighted by molar-refractivity contribution is 0.178. The van der Waals surface area contributed by atoms with Crippen molar-refractivity contribution in [3.05, 3.63) is 64.7 Å². The van der Waals surface area contributed by atoms with E-state index in [1.807, 2.05) is 55.5 Å². The summed E-state index contributed by atoms with van der Waals surface area (Å²) in [5, 5.41) is 10.9. The first-order valence-corrected chi connectivity index (χ1v) is 6.72. The Hall–Kier alpha value is -1.51. The van der Waals surface area contributed by atoms with Gasteiger partial charge >= 0.3 is 0 Å². The second-order valence-electron chi connectivity index (χ2n) is 4.35. The number of halogens is 1. The molecule has 2 aromatic rings. The molecule has 2 rings (SSSR count). The standard InChI is InChI=1S/C16H17ClO2/c1-2-19-15-9-5-13(6-10-15)16(18)11-12-3-7-14(17)8-4-12/h3-10,16,18H,2,11H2,1H3. The highest BCUT2D eigenvalue weighted by molar-refractivity contribution is 6.30. The minimum absolute atomic E-state index is 0.517. The molecular formula is C16H17ClO2. The Morgan fingerprint density at radius 2 is 1.68 bits per heavy atom. The summed E-state index contributed by atoms with van der Waals surface area (Å²) < 4.78 is 5.38. The third-order valence-corrected chi connectivity index (χ3v) is 3.17. The third kappa shape index (κ3) is 3.98.